The Bertz CT molecular complexity index is 560. The third kappa shape index (κ3) is 5.03. The van der Waals surface area contributed by atoms with Crippen molar-refractivity contribution in [2.45, 2.75) is 13.8 Å². The molecule has 1 rings (SSSR count). The van der Waals surface area contributed by atoms with Crippen LogP contribution in [0.1, 0.15) is 24.2 Å². The average Bonchev–Trinajstić information content (AvgIpc) is 2.42. The topological polar surface area (TPSA) is 101 Å². The second-order valence-electron chi connectivity index (χ2n) is 4.62. The smallest absolute Gasteiger partial charge is 0.282 e. The number of nitrogens with zero attached hydrogens (tertiary/aromatic N) is 1. The summed E-state index contributed by atoms with van der Waals surface area (Å²) in [4.78, 5) is 33.4. The zero-order valence-corrected chi connectivity index (χ0v) is 12.4. The Hall–Kier alpha value is -2.15. The second-order valence-corrected chi connectivity index (χ2v) is 5.06. The molecular formula is C13H16ClN3O4. The Balaban J connectivity index is 2.62. The summed E-state index contributed by atoms with van der Waals surface area (Å²) in [6.45, 7) is 3.92. The van der Waals surface area contributed by atoms with Crippen LogP contribution in [0.4, 0.5) is 5.69 Å². The number of nitro groups is 1. The van der Waals surface area contributed by atoms with E-state index in [1.54, 1.807) is 13.8 Å². The number of nitrogens with one attached hydrogen (secondary N) is 2. The Morgan fingerprint density at radius 3 is 2.48 bits per heavy atom. The van der Waals surface area contributed by atoms with Gasteiger partial charge in [0.1, 0.15) is 5.56 Å². The Labute approximate surface area is 126 Å². The van der Waals surface area contributed by atoms with E-state index in [9.17, 15) is 19.7 Å². The molecule has 0 aromatic heterocycles. The molecule has 0 saturated carbocycles. The predicted octanol–water partition coefficient (Wildman–Crippen LogP) is 1.75. The van der Waals surface area contributed by atoms with Crippen molar-refractivity contribution in [2.75, 3.05) is 13.1 Å². The number of benzene rings is 1. The molecule has 114 valence electrons. The van der Waals surface area contributed by atoms with E-state index in [-0.39, 0.29) is 41.2 Å². The van der Waals surface area contributed by atoms with Gasteiger partial charge in [-0.25, -0.2) is 0 Å². The molecule has 21 heavy (non-hydrogen) atoms. The number of nitro benzene ring substituents is 1. The molecular weight excluding hydrogens is 298 g/mol. The van der Waals surface area contributed by atoms with Gasteiger partial charge in [-0.3, -0.25) is 19.7 Å². The van der Waals surface area contributed by atoms with Gasteiger partial charge in [0.15, 0.2) is 0 Å². The second kappa shape index (κ2) is 7.58. The molecule has 0 spiro atoms. The molecule has 1 aromatic carbocycles. The Morgan fingerprint density at radius 2 is 1.90 bits per heavy atom. The molecule has 0 radical (unpaired) electrons. The first-order valence-electron chi connectivity index (χ1n) is 6.32. The normalized spacial score (nSPS) is 10.3. The lowest BCUT2D eigenvalue weighted by Gasteiger charge is -2.09. The highest BCUT2D eigenvalue weighted by Crippen LogP contribution is 2.22. The summed E-state index contributed by atoms with van der Waals surface area (Å²) in [6.07, 6.45) is 0. The summed E-state index contributed by atoms with van der Waals surface area (Å²) in [5.74, 6) is -0.879. The van der Waals surface area contributed by atoms with E-state index < -0.39 is 10.8 Å². The van der Waals surface area contributed by atoms with Crippen LogP contribution < -0.4 is 10.6 Å². The minimum absolute atomic E-state index is 0.109. The minimum atomic E-state index is -0.647. The van der Waals surface area contributed by atoms with Gasteiger partial charge < -0.3 is 10.6 Å². The van der Waals surface area contributed by atoms with Crippen molar-refractivity contribution in [1.29, 1.82) is 0 Å². The number of hydrogen-bond acceptors (Lipinski definition) is 4. The first kappa shape index (κ1) is 16.9. The summed E-state index contributed by atoms with van der Waals surface area (Å²) in [5.41, 5.74) is -0.425. The monoisotopic (exact) mass is 313 g/mol. The fourth-order valence-electron chi connectivity index (χ4n) is 1.51. The minimum Gasteiger partial charge on any atom is -0.354 e. The van der Waals surface area contributed by atoms with E-state index in [0.29, 0.717) is 0 Å². The van der Waals surface area contributed by atoms with Gasteiger partial charge >= 0.3 is 0 Å². The molecule has 0 unspecified atom stereocenters. The zero-order valence-electron chi connectivity index (χ0n) is 11.7. The van der Waals surface area contributed by atoms with Crippen LogP contribution in [0.2, 0.25) is 5.02 Å². The highest BCUT2D eigenvalue weighted by Gasteiger charge is 2.20. The number of amides is 2. The molecule has 0 aliphatic heterocycles. The SMILES string of the molecule is CC(C)C(=O)NCCNC(=O)c1cc(Cl)ccc1[N+](=O)[O-]. The van der Waals surface area contributed by atoms with Crippen LogP contribution in [0.3, 0.4) is 0 Å². The summed E-state index contributed by atoms with van der Waals surface area (Å²) >= 11 is 5.74. The van der Waals surface area contributed by atoms with Gasteiger partial charge in [0, 0.05) is 30.1 Å². The van der Waals surface area contributed by atoms with Gasteiger partial charge in [0.05, 0.1) is 4.92 Å². The van der Waals surface area contributed by atoms with Gasteiger partial charge in [0.2, 0.25) is 5.91 Å². The Kier molecular flexibility index (Phi) is 6.10. The maximum Gasteiger partial charge on any atom is 0.282 e. The molecule has 0 aliphatic carbocycles. The summed E-state index contributed by atoms with van der Waals surface area (Å²) in [6, 6.07) is 3.76. The van der Waals surface area contributed by atoms with Gasteiger partial charge in [-0.15, -0.1) is 0 Å². The van der Waals surface area contributed by atoms with Gasteiger partial charge in [-0.2, -0.15) is 0 Å². The summed E-state index contributed by atoms with van der Waals surface area (Å²) < 4.78 is 0. The molecule has 7 nitrogen and oxygen atoms in total. The molecule has 2 N–H and O–H groups in total. The molecule has 0 bridgehead atoms. The zero-order chi connectivity index (χ0) is 16.0. The van der Waals surface area contributed by atoms with Crippen molar-refractivity contribution in [2.24, 2.45) is 5.92 Å². The molecule has 8 heteroatoms. The maximum atomic E-state index is 11.9. The number of hydrogen-bond donors (Lipinski definition) is 2. The van der Waals surface area contributed by atoms with Crippen molar-refractivity contribution in [3.8, 4) is 0 Å². The number of carbonyl (C=O) groups excluding carboxylic acids is 2. The van der Waals surface area contributed by atoms with E-state index in [1.807, 2.05) is 0 Å². The first-order chi connectivity index (χ1) is 9.82. The highest BCUT2D eigenvalue weighted by molar-refractivity contribution is 6.31. The molecule has 0 aliphatic rings. The van der Waals surface area contributed by atoms with Crippen molar-refractivity contribution >= 4 is 29.1 Å². The number of halogens is 1. The standard InChI is InChI=1S/C13H16ClN3O4/c1-8(2)12(18)15-5-6-16-13(19)10-7-9(14)3-4-11(10)17(20)21/h3-4,7-8H,5-6H2,1-2H3,(H,15,18)(H,16,19). The lowest BCUT2D eigenvalue weighted by Crippen LogP contribution is -2.36. The van der Waals surface area contributed by atoms with Crippen molar-refractivity contribution in [1.82, 2.24) is 10.6 Å². The van der Waals surface area contributed by atoms with Gasteiger partial charge in [-0.1, -0.05) is 25.4 Å². The van der Waals surface area contributed by atoms with Crippen LogP contribution in [0.15, 0.2) is 18.2 Å². The molecule has 0 heterocycles. The molecule has 0 atom stereocenters. The molecule has 1 aromatic rings. The summed E-state index contributed by atoms with van der Waals surface area (Å²) in [7, 11) is 0. The largest absolute Gasteiger partial charge is 0.354 e. The van der Waals surface area contributed by atoms with Crippen molar-refractivity contribution in [3.05, 3.63) is 38.9 Å². The van der Waals surface area contributed by atoms with E-state index >= 15 is 0 Å². The van der Waals surface area contributed by atoms with Gasteiger partial charge in [-0.05, 0) is 12.1 Å². The fraction of sp³-hybridized carbons (Fsp3) is 0.385. The predicted molar refractivity (Wildman–Crippen MR) is 78.3 cm³/mol. The average molecular weight is 314 g/mol. The van der Waals surface area contributed by atoms with E-state index in [4.69, 9.17) is 11.6 Å². The maximum absolute atomic E-state index is 11.9. The van der Waals surface area contributed by atoms with E-state index in [2.05, 4.69) is 10.6 Å². The first-order valence-corrected chi connectivity index (χ1v) is 6.70. The van der Waals surface area contributed by atoms with Crippen LogP contribution in [0, 0.1) is 16.0 Å². The highest BCUT2D eigenvalue weighted by atomic mass is 35.5. The quantitative estimate of drug-likeness (QED) is 0.474. The lowest BCUT2D eigenvalue weighted by molar-refractivity contribution is -0.385. The number of rotatable bonds is 6. The van der Waals surface area contributed by atoms with Crippen LogP contribution in [0.25, 0.3) is 0 Å². The summed E-state index contributed by atoms with van der Waals surface area (Å²) in [5, 5.41) is 16.2. The molecule has 0 fully saturated rings. The van der Waals surface area contributed by atoms with Crippen LogP contribution in [-0.4, -0.2) is 29.8 Å². The third-order valence-electron chi connectivity index (χ3n) is 2.63. The van der Waals surface area contributed by atoms with Crippen LogP contribution in [0.5, 0.6) is 0 Å². The Morgan fingerprint density at radius 1 is 1.29 bits per heavy atom. The van der Waals surface area contributed by atoms with E-state index in [0.717, 1.165) is 0 Å². The van der Waals surface area contributed by atoms with Crippen molar-refractivity contribution in [3.63, 3.8) is 0 Å². The fourth-order valence-corrected chi connectivity index (χ4v) is 1.68. The number of carbonyl (C=O) groups is 2. The third-order valence-corrected chi connectivity index (χ3v) is 2.87. The van der Waals surface area contributed by atoms with Crippen molar-refractivity contribution < 1.29 is 14.5 Å². The molecule has 0 saturated heterocycles. The van der Waals surface area contributed by atoms with Crippen LogP contribution >= 0.6 is 11.6 Å². The molecule has 2 amide bonds. The van der Waals surface area contributed by atoms with Crippen LogP contribution in [-0.2, 0) is 4.79 Å². The van der Waals surface area contributed by atoms with Gasteiger partial charge in [0.25, 0.3) is 11.6 Å². The lowest BCUT2D eigenvalue weighted by atomic mass is 10.1. The van der Waals surface area contributed by atoms with E-state index in [1.165, 1.54) is 18.2 Å².